The molecule has 0 aliphatic heterocycles. The van der Waals surface area contributed by atoms with Crippen molar-refractivity contribution in [3.8, 4) is 0 Å². The zero-order valence-corrected chi connectivity index (χ0v) is 15.5. The second-order valence-electron chi connectivity index (χ2n) is 2.57. The normalized spacial score (nSPS) is 11.3. The molecule has 1 aromatic rings. The molecule has 90 valence electrons. The second-order valence-corrected chi connectivity index (χ2v) is 8.63. The van der Waals surface area contributed by atoms with Crippen molar-refractivity contribution >= 4 is 53.9 Å². The molecular weight excluding hydrogens is 351 g/mol. The van der Waals surface area contributed by atoms with Crippen LogP contribution in [0.4, 0.5) is 0 Å². The van der Waals surface area contributed by atoms with Crippen LogP contribution in [0.15, 0.2) is 34.6 Å². The Labute approximate surface area is 127 Å². The van der Waals surface area contributed by atoms with Crippen molar-refractivity contribution in [3.05, 3.63) is 30.1 Å². The molecule has 0 unspecified atom stereocenters. The summed E-state index contributed by atoms with van der Waals surface area (Å²) in [6.45, 7) is 1.86. The van der Waals surface area contributed by atoms with E-state index in [1.54, 1.807) is 6.20 Å². The van der Waals surface area contributed by atoms with E-state index in [4.69, 9.17) is 32.0 Å². The van der Waals surface area contributed by atoms with Gasteiger partial charge in [-0.15, -0.1) is 11.8 Å². The van der Waals surface area contributed by atoms with Gasteiger partial charge >= 0.3 is 34.5 Å². The molecule has 0 saturated heterocycles. The summed E-state index contributed by atoms with van der Waals surface area (Å²) >= 11 is 5.36. The Kier molecular flexibility index (Phi) is 11.5. The van der Waals surface area contributed by atoms with Gasteiger partial charge in [0.1, 0.15) is 0 Å². The van der Waals surface area contributed by atoms with Crippen LogP contribution < -0.4 is 0 Å². The van der Waals surface area contributed by atoms with Gasteiger partial charge < -0.3 is 12.6 Å². The van der Waals surface area contributed by atoms with Gasteiger partial charge in [-0.05, 0) is 29.7 Å². The van der Waals surface area contributed by atoms with Crippen molar-refractivity contribution in [1.29, 1.82) is 0 Å². The van der Waals surface area contributed by atoms with E-state index >= 15 is 0 Å². The first-order chi connectivity index (χ1) is 8.15. The Hall–Kier alpha value is 0.263. The predicted molar refractivity (Wildman–Crippen MR) is 76.5 cm³/mol. The number of hydrogen-bond donors (Lipinski definition) is 0. The van der Waals surface area contributed by atoms with Crippen molar-refractivity contribution in [2.75, 3.05) is 6.26 Å². The van der Waals surface area contributed by atoms with E-state index in [0.29, 0.717) is 4.38 Å². The summed E-state index contributed by atoms with van der Waals surface area (Å²) in [6, 6.07) is 5.66. The maximum absolute atomic E-state index is 4.95. The van der Waals surface area contributed by atoms with Crippen LogP contribution >= 0.6 is 31.1 Å². The van der Waals surface area contributed by atoms with Gasteiger partial charge in [-0.3, -0.25) is 4.98 Å². The second kappa shape index (κ2) is 11.4. The summed E-state index contributed by atoms with van der Waals surface area (Å²) in [5.41, 5.74) is 1.59. The van der Waals surface area contributed by atoms with Gasteiger partial charge in [-0.1, -0.05) is 6.07 Å². The zero-order valence-electron chi connectivity index (χ0n) is 9.43. The van der Waals surface area contributed by atoms with Crippen LogP contribution in [0.2, 0.25) is 0 Å². The first-order valence-electron chi connectivity index (χ1n) is 4.52. The average molecular weight is 361 g/mol. The molecule has 1 heterocycles. The number of rotatable bonds is 2. The fraction of sp³-hybridized carbons (Fsp3) is 0.222. The third-order valence-corrected chi connectivity index (χ3v) is 2.50. The molecule has 0 saturated carbocycles. The Morgan fingerprint density at radius 1 is 1.41 bits per heavy atom. The molecular formula is C9H10Cl2N3S2Zn-. The minimum atomic E-state index is -0.931. The molecule has 0 bridgehead atoms. The molecule has 0 radical (unpaired) electrons. The van der Waals surface area contributed by atoms with Crippen molar-refractivity contribution in [3.63, 3.8) is 0 Å². The summed E-state index contributed by atoms with van der Waals surface area (Å²) in [4.78, 5) is 4.14. The zero-order chi connectivity index (χ0) is 13.1. The number of pyridine rings is 1. The Morgan fingerprint density at radius 2 is 2.06 bits per heavy atom. The molecule has 0 aliphatic rings. The van der Waals surface area contributed by atoms with E-state index < -0.39 is 15.1 Å². The molecule has 0 N–H and O–H groups in total. The number of thioether (sulfide) groups is 1. The van der Waals surface area contributed by atoms with Gasteiger partial charge in [0.15, 0.2) is 0 Å². The van der Waals surface area contributed by atoms with Gasteiger partial charge in [0.25, 0.3) is 0 Å². The molecule has 0 aromatic carbocycles. The summed E-state index contributed by atoms with van der Waals surface area (Å²) in [5.74, 6) is 0. The Balaban J connectivity index is 0.000000770. The summed E-state index contributed by atoms with van der Waals surface area (Å²) in [5, 5.41) is 7.84. The van der Waals surface area contributed by atoms with Gasteiger partial charge in [-0.25, -0.2) is 0 Å². The van der Waals surface area contributed by atoms with Crippen molar-refractivity contribution in [1.82, 2.24) is 4.98 Å². The van der Waals surface area contributed by atoms with Crippen LogP contribution in [0.1, 0.15) is 12.6 Å². The van der Waals surface area contributed by atoms with Gasteiger partial charge in [-0.2, -0.15) is 10.2 Å². The molecule has 0 aliphatic carbocycles. The van der Waals surface area contributed by atoms with Crippen LogP contribution in [0.3, 0.4) is 0 Å². The molecule has 8 heteroatoms. The SMILES string of the molecule is CSC([S-])=NN=C(C)c1ccccn1.[Cl][Zn][Cl]. The van der Waals surface area contributed by atoms with E-state index in [1.165, 1.54) is 11.8 Å². The van der Waals surface area contributed by atoms with Crippen molar-refractivity contribution in [2.24, 2.45) is 10.2 Å². The minimum absolute atomic E-state index is 0.528. The van der Waals surface area contributed by atoms with E-state index in [-0.39, 0.29) is 0 Å². The van der Waals surface area contributed by atoms with Gasteiger partial charge in [0, 0.05) is 6.20 Å². The molecule has 3 nitrogen and oxygen atoms in total. The van der Waals surface area contributed by atoms with Crippen LogP contribution in [0, 0.1) is 0 Å². The predicted octanol–water partition coefficient (Wildman–Crippen LogP) is 3.45. The van der Waals surface area contributed by atoms with E-state index in [2.05, 4.69) is 15.2 Å². The van der Waals surface area contributed by atoms with Crippen molar-refractivity contribution < 1.29 is 15.1 Å². The van der Waals surface area contributed by atoms with Gasteiger partial charge in [0.2, 0.25) is 0 Å². The third kappa shape index (κ3) is 8.92. The fourth-order valence-electron chi connectivity index (χ4n) is 0.785. The molecule has 0 atom stereocenters. The van der Waals surface area contributed by atoms with Gasteiger partial charge in [0.05, 0.1) is 11.4 Å². The third-order valence-electron chi connectivity index (χ3n) is 1.49. The van der Waals surface area contributed by atoms with Crippen LogP contribution in [-0.2, 0) is 27.8 Å². The van der Waals surface area contributed by atoms with E-state index in [9.17, 15) is 0 Å². The number of halogens is 2. The van der Waals surface area contributed by atoms with Crippen molar-refractivity contribution in [2.45, 2.75) is 6.92 Å². The monoisotopic (exact) mass is 358 g/mol. The number of aromatic nitrogens is 1. The van der Waals surface area contributed by atoms with Crippen LogP contribution in [0.25, 0.3) is 0 Å². The van der Waals surface area contributed by atoms with Crippen LogP contribution in [0.5, 0.6) is 0 Å². The summed E-state index contributed by atoms with van der Waals surface area (Å²) < 4.78 is 0.528. The van der Waals surface area contributed by atoms with E-state index in [1.807, 2.05) is 31.4 Å². The van der Waals surface area contributed by atoms with Crippen LogP contribution in [-0.4, -0.2) is 21.3 Å². The molecule has 17 heavy (non-hydrogen) atoms. The average Bonchev–Trinajstić information content (AvgIpc) is 2.37. The fourth-order valence-corrected chi connectivity index (χ4v) is 0.948. The molecule has 0 fully saturated rings. The summed E-state index contributed by atoms with van der Waals surface area (Å²) in [7, 11) is 9.90. The Morgan fingerprint density at radius 3 is 2.53 bits per heavy atom. The van der Waals surface area contributed by atoms with E-state index in [0.717, 1.165) is 11.4 Å². The maximum atomic E-state index is 4.95. The number of hydrogen-bond acceptors (Lipinski definition) is 5. The first-order valence-corrected chi connectivity index (χ1v) is 13.9. The molecule has 0 amide bonds. The number of nitrogens with zero attached hydrogens (tertiary/aromatic N) is 3. The summed E-state index contributed by atoms with van der Waals surface area (Å²) in [6.07, 6.45) is 3.60. The Bertz CT molecular complexity index is 374. The standard InChI is InChI=1S/C9H11N3S2.2ClH.Zn/c1-7(11-12-9(13)14-2)8-5-3-4-6-10-8;;;/h3-6H,1-2H3,(H,12,13);2*1H;/q;;;+2/p-3. The quantitative estimate of drug-likeness (QED) is 0.266. The molecule has 0 spiro atoms. The molecule has 1 rings (SSSR count). The first kappa shape index (κ1) is 17.3. The topological polar surface area (TPSA) is 37.6 Å². The molecule has 1 aromatic heterocycles.